The molecule has 2 heterocycles. The smallest absolute Gasteiger partial charge is 0.408 e. The van der Waals surface area contributed by atoms with Crippen molar-refractivity contribution in [3.05, 3.63) is 24.0 Å². The van der Waals surface area contributed by atoms with E-state index >= 15 is 0 Å². The van der Waals surface area contributed by atoms with Crippen LogP contribution in [0.1, 0.15) is 36.2 Å². The molecule has 1 aliphatic heterocycles. The Morgan fingerprint density at radius 3 is 3.00 bits per heavy atom. The molecule has 1 aromatic rings. The Morgan fingerprint density at radius 1 is 1.32 bits per heavy atom. The summed E-state index contributed by atoms with van der Waals surface area (Å²) >= 11 is 0. The number of carbonyl (C=O) groups is 1. The van der Waals surface area contributed by atoms with Crippen molar-refractivity contribution >= 4 is 5.97 Å². The van der Waals surface area contributed by atoms with Gasteiger partial charge in [-0.3, -0.25) is 0 Å². The Hall–Kier alpha value is -1.62. The molecule has 0 aliphatic carbocycles. The zero-order valence-corrected chi connectivity index (χ0v) is 11.0. The fourth-order valence-corrected chi connectivity index (χ4v) is 2.10. The number of pyridine rings is 1. The quantitative estimate of drug-likeness (QED) is 0.456. The van der Waals surface area contributed by atoms with Crippen molar-refractivity contribution in [3.63, 3.8) is 0 Å². The van der Waals surface area contributed by atoms with Gasteiger partial charge in [-0.15, -0.1) is 0 Å². The van der Waals surface area contributed by atoms with Gasteiger partial charge in [-0.05, 0) is 25.3 Å². The van der Waals surface area contributed by atoms with Gasteiger partial charge >= 0.3 is 11.7 Å². The Balaban J connectivity index is 1.88. The molecule has 0 atom stereocenters. The number of aliphatic hydroxyl groups excluding tert-OH is 1. The van der Waals surface area contributed by atoms with Gasteiger partial charge in [0.1, 0.15) is 0 Å². The molecule has 1 N–H and O–H groups in total. The third-order valence-electron chi connectivity index (χ3n) is 3.10. The first kappa shape index (κ1) is 13.8. The van der Waals surface area contributed by atoms with E-state index in [0.717, 1.165) is 25.7 Å². The molecular weight excluding hydrogens is 246 g/mol. The van der Waals surface area contributed by atoms with Crippen molar-refractivity contribution in [1.29, 1.82) is 0 Å². The van der Waals surface area contributed by atoms with Crippen LogP contribution in [0.5, 0.6) is 5.75 Å². The number of rotatable bonds is 7. The minimum absolute atomic E-state index is 0.246. The van der Waals surface area contributed by atoms with E-state index in [1.165, 1.54) is 0 Å². The predicted molar refractivity (Wildman–Crippen MR) is 68.0 cm³/mol. The summed E-state index contributed by atoms with van der Waals surface area (Å²) in [6, 6.07) is 3.68. The average Bonchev–Trinajstić information content (AvgIpc) is 2.43. The van der Waals surface area contributed by atoms with Crippen LogP contribution in [-0.4, -0.2) is 30.9 Å². The van der Waals surface area contributed by atoms with Crippen LogP contribution >= 0.6 is 0 Å². The lowest BCUT2D eigenvalue weighted by atomic mass is 10.2. The average molecular weight is 266 g/mol. The number of fused-ring (bicyclic) bond motifs is 1. The highest BCUT2D eigenvalue weighted by atomic mass is 16.5. The molecule has 1 aliphatic rings. The number of aliphatic hydroxyl groups is 1. The predicted octanol–water partition coefficient (Wildman–Crippen LogP) is 1.08. The Bertz CT molecular complexity index is 433. The topological polar surface area (TPSA) is 59.6 Å². The third kappa shape index (κ3) is 3.67. The van der Waals surface area contributed by atoms with E-state index in [2.05, 4.69) is 0 Å². The van der Waals surface area contributed by atoms with Gasteiger partial charge in [-0.1, -0.05) is 6.42 Å². The number of unbranched alkanes of at least 4 members (excludes halogenated alkanes) is 3. The van der Waals surface area contributed by atoms with E-state index in [1.54, 1.807) is 6.07 Å². The second kappa shape index (κ2) is 7.09. The van der Waals surface area contributed by atoms with Crippen molar-refractivity contribution in [3.8, 4) is 5.75 Å². The first-order valence-corrected chi connectivity index (χ1v) is 6.76. The maximum atomic E-state index is 11.7. The normalized spacial score (nSPS) is 13.8. The van der Waals surface area contributed by atoms with Gasteiger partial charge in [0.2, 0.25) is 0 Å². The molecule has 0 radical (unpaired) electrons. The summed E-state index contributed by atoms with van der Waals surface area (Å²) in [5, 5.41) is 8.68. The number of hydrogen-bond donors (Lipinski definition) is 1. The number of esters is 1. The molecule has 19 heavy (non-hydrogen) atoms. The molecule has 0 saturated carbocycles. The minimum atomic E-state index is -0.317. The lowest BCUT2D eigenvalue weighted by Gasteiger charge is -2.13. The summed E-state index contributed by atoms with van der Waals surface area (Å²) < 4.78 is 12.6. The summed E-state index contributed by atoms with van der Waals surface area (Å²) in [5.74, 6) is 0.275. The van der Waals surface area contributed by atoms with Crippen molar-refractivity contribution in [2.75, 3.05) is 19.8 Å². The number of cyclic esters (lactones) is 1. The van der Waals surface area contributed by atoms with Crippen LogP contribution in [0.4, 0.5) is 0 Å². The molecule has 1 aromatic heterocycles. The van der Waals surface area contributed by atoms with Crippen LogP contribution in [0.2, 0.25) is 0 Å². The first-order valence-electron chi connectivity index (χ1n) is 6.76. The molecule has 2 rings (SSSR count). The molecule has 0 bridgehead atoms. The summed E-state index contributed by atoms with van der Waals surface area (Å²) in [7, 11) is 0. The highest BCUT2D eigenvalue weighted by molar-refractivity contribution is 5.88. The molecule has 5 nitrogen and oxygen atoms in total. The Kier molecular flexibility index (Phi) is 5.15. The molecule has 0 amide bonds. The molecule has 0 spiro atoms. The molecule has 0 unspecified atom stereocenters. The van der Waals surface area contributed by atoms with E-state index in [9.17, 15) is 4.79 Å². The lowest BCUT2D eigenvalue weighted by molar-refractivity contribution is -0.705. The number of hydrogen-bond acceptors (Lipinski definition) is 4. The van der Waals surface area contributed by atoms with Crippen LogP contribution in [0, 0.1) is 0 Å². The first-order chi connectivity index (χ1) is 9.33. The van der Waals surface area contributed by atoms with E-state index in [0.29, 0.717) is 31.2 Å². The van der Waals surface area contributed by atoms with Gasteiger partial charge in [0, 0.05) is 12.7 Å². The number of carbonyl (C=O) groups excluding carboxylic acids is 1. The Labute approximate surface area is 112 Å². The van der Waals surface area contributed by atoms with E-state index in [4.69, 9.17) is 14.6 Å². The summed E-state index contributed by atoms with van der Waals surface area (Å²) in [6.45, 7) is 1.92. The van der Waals surface area contributed by atoms with E-state index in [1.807, 2.05) is 16.8 Å². The summed E-state index contributed by atoms with van der Waals surface area (Å²) in [4.78, 5) is 11.7. The zero-order chi connectivity index (χ0) is 13.5. The molecule has 5 heteroatoms. The molecule has 0 fully saturated rings. The number of ether oxygens (including phenoxy) is 2. The Morgan fingerprint density at radius 2 is 2.16 bits per heavy atom. The van der Waals surface area contributed by atoms with Crippen LogP contribution in [0.25, 0.3) is 0 Å². The maximum absolute atomic E-state index is 11.7. The third-order valence-corrected chi connectivity index (χ3v) is 3.10. The molecule has 0 aromatic carbocycles. The fraction of sp³-hybridized carbons (Fsp3) is 0.571. The zero-order valence-electron chi connectivity index (χ0n) is 11.0. The van der Waals surface area contributed by atoms with Crippen molar-refractivity contribution in [2.24, 2.45) is 0 Å². The fourth-order valence-electron chi connectivity index (χ4n) is 2.10. The van der Waals surface area contributed by atoms with Crippen LogP contribution in [0.15, 0.2) is 18.3 Å². The van der Waals surface area contributed by atoms with Gasteiger partial charge in [-0.2, -0.15) is 4.57 Å². The van der Waals surface area contributed by atoms with Gasteiger partial charge in [0.15, 0.2) is 25.1 Å². The maximum Gasteiger partial charge on any atom is 0.408 e. The highest BCUT2D eigenvalue weighted by Crippen LogP contribution is 2.17. The number of aromatic nitrogens is 1. The molecule has 0 saturated heterocycles. The second-order valence-corrected chi connectivity index (χ2v) is 4.54. The molecule has 104 valence electrons. The summed E-state index contributed by atoms with van der Waals surface area (Å²) in [5.41, 5.74) is 0.504. The van der Waals surface area contributed by atoms with Gasteiger partial charge < -0.3 is 14.6 Å². The lowest BCUT2D eigenvalue weighted by Crippen LogP contribution is -2.47. The van der Waals surface area contributed by atoms with Gasteiger partial charge in [0.05, 0.1) is 6.61 Å². The largest absolute Gasteiger partial charge is 0.487 e. The second-order valence-electron chi connectivity index (χ2n) is 4.54. The molecular formula is C14H20NO4+. The number of nitrogens with zero attached hydrogens (tertiary/aromatic N) is 1. The summed E-state index contributed by atoms with van der Waals surface area (Å²) in [6.07, 6.45) is 5.65. The van der Waals surface area contributed by atoms with Crippen LogP contribution in [-0.2, 0) is 11.3 Å². The highest BCUT2D eigenvalue weighted by Gasteiger charge is 2.30. The van der Waals surface area contributed by atoms with Crippen LogP contribution < -0.4 is 9.30 Å². The van der Waals surface area contributed by atoms with Crippen molar-refractivity contribution in [2.45, 2.75) is 32.2 Å². The monoisotopic (exact) mass is 266 g/mol. The van der Waals surface area contributed by atoms with Crippen molar-refractivity contribution in [1.82, 2.24) is 0 Å². The SMILES string of the molecule is O=C1OCC[n+]2cccc(OCCCCCCO)c21. The van der Waals surface area contributed by atoms with Gasteiger partial charge in [0.25, 0.3) is 0 Å². The van der Waals surface area contributed by atoms with Crippen molar-refractivity contribution < 1.29 is 23.9 Å². The standard InChI is InChI=1S/C14H20NO4/c16-9-3-1-2-4-10-18-12-6-5-7-15-8-11-19-14(17)13(12)15/h5-7,16H,1-4,8-11H2/q+1. The van der Waals surface area contributed by atoms with Gasteiger partial charge in [-0.25, -0.2) is 4.79 Å². The van der Waals surface area contributed by atoms with E-state index in [-0.39, 0.29) is 12.6 Å². The van der Waals surface area contributed by atoms with Crippen LogP contribution in [0.3, 0.4) is 0 Å². The van der Waals surface area contributed by atoms with E-state index < -0.39 is 0 Å². The minimum Gasteiger partial charge on any atom is -0.487 e.